The van der Waals surface area contributed by atoms with Crippen LogP contribution in [-0.4, -0.2) is 52.7 Å². The number of carbonyl (C=O) groups excluding carboxylic acids is 1. The minimum Gasteiger partial charge on any atom is -0.444 e. The largest absolute Gasteiger partial charge is 0.444 e. The van der Waals surface area contributed by atoms with E-state index in [0.717, 1.165) is 27.8 Å². The third-order valence-electron chi connectivity index (χ3n) is 5.26. The van der Waals surface area contributed by atoms with E-state index in [0.29, 0.717) is 42.0 Å². The molecule has 0 aliphatic carbocycles. The number of benzene rings is 2. The van der Waals surface area contributed by atoms with Gasteiger partial charge in [0.25, 0.3) is 0 Å². The summed E-state index contributed by atoms with van der Waals surface area (Å²) in [6, 6.07) is 11.5. The van der Waals surface area contributed by atoms with Crippen molar-refractivity contribution >= 4 is 46.0 Å². The molecule has 0 spiro atoms. The lowest BCUT2D eigenvalue weighted by atomic mass is 10.0. The highest BCUT2D eigenvalue weighted by atomic mass is 35.5. The Kier molecular flexibility index (Phi) is 6.19. The van der Waals surface area contributed by atoms with E-state index in [-0.39, 0.29) is 6.09 Å². The van der Waals surface area contributed by atoms with E-state index in [9.17, 15) is 4.79 Å². The topological polar surface area (TPSA) is 58.6 Å². The number of fused-ring (bicyclic) bond motifs is 1. The normalized spacial score (nSPS) is 14.7. The Labute approximate surface area is 198 Å². The van der Waals surface area contributed by atoms with E-state index in [1.165, 1.54) is 0 Å². The van der Waals surface area contributed by atoms with Crippen molar-refractivity contribution in [1.29, 1.82) is 0 Å². The number of halogens is 2. The fourth-order valence-electron chi connectivity index (χ4n) is 3.77. The van der Waals surface area contributed by atoms with Crippen molar-refractivity contribution in [2.45, 2.75) is 33.3 Å². The van der Waals surface area contributed by atoms with Crippen molar-refractivity contribution in [3.05, 3.63) is 52.3 Å². The van der Waals surface area contributed by atoms with Crippen molar-refractivity contribution in [3.8, 4) is 11.1 Å². The summed E-state index contributed by atoms with van der Waals surface area (Å²) in [4.78, 5) is 25.7. The van der Waals surface area contributed by atoms with Gasteiger partial charge in [0.2, 0.25) is 0 Å². The zero-order valence-corrected chi connectivity index (χ0v) is 20.2. The Bertz CT molecular complexity index is 1150. The van der Waals surface area contributed by atoms with Crippen LogP contribution >= 0.6 is 23.2 Å². The van der Waals surface area contributed by atoms with Gasteiger partial charge in [0.15, 0.2) is 0 Å². The van der Waals surface area contributed by atoms with Gasteiger partial charge in [-0.25, -0.2) is 14.8 Å². The molecule has 4 rings (SSSR count). The molecule has 0 saturated carbocycles. The van der Waals surface area contributed by atoms with E-state index in [2.05, 4.69) is 9.88 Å². The fraction of sp³-hybridized carbons (Fsp3) is 0.375. The molecule has 0 unspecified atom stereocenters. The summed E-state index contributed by atoms with van der Waals surface area (Å²) in [7, 11) is 0. The molecule has 1 amide bonds. The first kappa shape index (κ1) is 22.6. The number of hydrogen-bond donors (Lipinski definition) is 0. The van der Waals surface area contributed by atoms with Crippen LogP contribution in [0, 0.1) is 6.92 Å². The number of ether oxygens (including phenoxy) is 1. The summed E-state index contributed by atoms with van der Waals surface area (Å²) in [6.07, 6.45) is -0.280. The SMILES string of the molecule is Cc1nc(N2CCN(C(=O)OC(C)(C)C)CC2)c2cc(-c3ccc(Cl)cc3)c(Cl)cc2n1. The van der Waals surface area contributed by atoms with Crippen LogP contribution in [0.4, 0.5) is 10.6 Å². The smallest absolute Gasteiger partial charge is 0.410 e. The zero-order valence-electron chi connectivity index (χ0n) is 18.7. The lowest BCUT2D eigenvalue weighted by molar-refractivity contribution is 0.0240. The molecule has 1 fully saturated rings. The molecular weight excluding hydrogens is 447 g/mol. The highest BCUT2D eigenvalue weighted by Crippen LogP contribution is 2.35. The van der Waals surface area contributed by atoms with Crippen LogP contribution in [0.25, 0.3) is 22.0 Å². The summed E-state index contributed by atoms with van der Waals surface area (Å²) in [5, 5.41) is 2.22. The van der Waals surface area contributed by atoms with Gasteiger partial charge in [-0.1, -0.05) is 35.3 Å². The summed E-state index contributed by atoms with van der Waals surface area (Å²) in [5.74, 6) is 1.53. The van der Waals surface area contributed by atoms with Gasteiger partial charge in [-0.05, 0) is 57.5 Å². The van der Waals surface area contributed by atoms with Crippen LogP contribution in [0.2, 0.25) is 10.0 Å². The minimum absolute atomic E-state index is 0.280. The second kappa shape index (κ2) is 8.75. The Morgan fingerprint density at radius 1 is 1.00 bits per heavy atom. The molecule has 6 nitrogen and oxygen atoms in total. The van der Waals surface area contributed by atoms with E-state index < -0.39 is 5.60 Å². The molecule has 2 heterocycles. The lowest BCUT2D eigenvalue weighted by Gasteiger charge is -2.36. The first-order valence-corrected chi connectivity index (χ1v) is 11.3. The third-order valence-corrected chi connectivity index (χ3v) is 5.83. The Balaban J connectivity index is 1.65. The number of amides is 1. The molecule has 0 N–H and O–H groups in total. The molecule has 0 atom stereocenters. The highest BCUT2D eigenvalue weighted by Gasteiger charge is 2.27. The van der Waals surface area contributed by atoms with Gasteiger partial charge >= 0.3 is 6.09 Å². The van der Waals surface area contributed by atoms with E-state index in [1.54, 1.807) is 4.90 Å². The van der Waals surface area contributed by atoms with Crippen LogP contribution in [0.15, 0.2) is 36.4 Å². The number of hydrogen-bond acceptors (Lipinski definition) is 5. The predicted molar refractivity (Wildman–Crippen MR) is 130 cm³/mol. The summed E-state index contributed by atoms with van der Waals surface area (Å²) < 4.78 is 5.51. The molecular formula is C24H26Cl2N4O2. The van der Waals surface area contributed by atoms with Crippen LogP contribution in [0.1, 0.15) is 26.6 Å². The first-order chi connectivity index (χ1) is 15.1. The number of carbonyl (C=O) groups is 1. The van der Waals surface area contributed by atoms with E-state index >= 15 is 0 Å². The Morgan fingerprint density at radius 3 is 2.28 bits per heavy atom. The standard InChI is InChI=1S/C24H26Cl2N4O2/c1-15-27-21-14-20(26)18(16-5-7-17(25)8-6-16)13-19(21)22(28-15)29-9-11-30(12-10-29)23(31)32-24(2,3)4/h5-8,13-14H,9-12H2,1-4H3. The van der Waals surface area contributed by atoms with Crippen LogP contribution in [0.3, 0.4) is 0 Å². The molecule has 168 valence electrons. The molecule has 3 aromatic rings. The van der Waals surface area contributed by atoms with Gasteiger partial charge in [0.1, 0.15) is 17.2 Å². The number of anilines is 1. The third kappa shape index (κ3) is 4.92. The average Bonchev–Trinajstić information content (AvgIpc) is 2.72. The molecule has 1 aliphatic heterocycles. The zero-order chi connectivity index (χ0) is 23.0. The Morgan fingerprint density at radius 2 is 1.66 bits per heavy atom. The minimum atomic E-state index is -0.508. The number of piperazine rings is 1. The van der Waals surface area contributed by atoms with Crippen molar-refractivity contribution in [2.24, 2.45) is 0 Å². The number of rotatable bonds is 2. The predicted octanol–water partition coefficient (Wildman–Crippen LogP) is 5.97. The molecule has 0 bridgehead atoms. The van der Waals surface area contributed by atoms with Gasteiger partial charge in [-0.15, -0.1) is 0 Å². The van der Waals surface area contributed by atoms with Crippen LogP contribution in [0.5, 0.6) is 0 Å². The average molecular weight is 473 g/mol. The molecule has 1 aliphatic rings. The van der Waals surface area contributed by atoms with Crippen LogP contribution in [-0.2, 0) is 4.74 Å². The summed E-state index contributed by atoms with van der Waals surface area (Å²) >= 11 is 12.7. The summed E-state index contributed by atoms with van der Waals surface area (Å²) in [6.45, 7) is 9.95. The first-order valence-electron chi connectivity index (χ1n) is 10.6. The second-order valence-corrected chi connectivity index (χ2v) is 9.75. The number of nitrogens with zero attached hydrogens (tertiary/aromatic N) is 4. The van der Waals surface area contributed by atoms with E-state index in [1.807, 2.05) is 64.1 Å². The molecule has 2 aromatic carbocycles. The number of aryl methyl sites for hydroxylation is 1. The van der Waals surface area contributed by atoms with Gasteiger partial charge in [0.05, 0.1) is 10.5 Å². The highest BCUT2D eigenvalue weighted by molar-refractivity contribution is 6.34. The fourth-order valence-corrected chi connectivity index (χ4v) is 4.16. The quantitative estimate of drug-likeness (QED) is 0.459. The van der Waals surface area contributed by atoms with Gasteiger partial charge in [-0.3, -0.25) is 0 Å². The Hall–Kier alpha value is -2.57. The monoisotopic (exact) mass is 472 g/mol. The van der Waals surface area contributed by atoms with Crippen molar-refractivity contribution in [2.75, 3.05) is 31.1 Å². The number of aromatic nitrogens is 2. The molecule has 8 heteroatoms. The summed E-state index contributed by atoms with van der Waals surface area (Å²) in [5.41, 5.74) is 2.16. The molecule has 32 heavy (non-hydrogen) atoms. The van der Waals surface area contributed by atoms with Crippen molar-refractivity contribution < 1.29 is 9.53 Å². The second-order valence-electron chi connectivity index (χ2n) is 8.90. The maximum absolute atomic E-state index is 12.4. The maximum atomic E-state index is 12.4. The molecule has 0 radical (unpaired) electrons. The van der Waals surface area contributed by atoms with Crippen LogP contribution < -0.4 is 4.90 Å². The van der Waals surface area contributed by atoms with E-state index in [4.69, 9.17) is 32.9 Å². The van der Waals surface area contributed by atoms with Gasteiger partial charge in [0, 0.05) is 42.2 Å². The van der Waals surface area contributed by atoms with Gasteiger partial charge in [-0.2, -0.15) is 0 Å². The lowest BCUT2D eigenvalue weighted by Crippen LogP contribution is -2.50. The van der Waals surface area contributed by atoms with Crippen molar-refractivity contribution in [1.82, 2.24) is 14.9 Å². The molecule has 1 saturated heterocycles. The van der Waals surface area contributed by atoms with Gasteiger partial charge < -0.3 is 14.5 Å². The maximum Gasteiger partial charge on any atom is 0.410 e. The molecule has 1 aromatic heterocycles. The van der Waals surface area contributed by atoms with Crippen molar-refractivity contribution in [3.63, 3.8) is 0 Å².